The number of nitrogens with zero attached hydrogens (tertiary/aromatic N) is 3. The highest BCUT2D eigenvalue weighted by Gasteiger charge is 2.33. The summed E-state index contributed by atoms with van der Waals surface area (Å²) in [6, 6.07) is 7.78. The fraction of sp³-hybridized carbons (Fsp3) is 0.435. The Morgan fingerprint density at radius 1 is 1.29 bits per heavy atom. The molecule has 0 radical (unpaired) electrons. The number of benzene rings is 1. The summed E-state index contributed by atoms with van der Waals surface area (Å²) in [5.74, 6) is 1.18. The van der Waals surface area contributed by atoms with E-state index in [-0.39, 0.29) is 11.8 Å². The summed E-state index contributed by atoms with van der Waals surface area (Å²) in [4.78, 5) is 26.9. The quantitative estimate of drug-likeness (QED) is 0.636. The molecule has 0 bridgehead atoms. The smallest absolute Gasteiger partial charge is 0.247 e. The van der Waals surface area contributed by atoms with Gasteiger partial charge >= 0.3 is 0 Å². The van der Waals surface area contributed by atoms with Crippen LogP contribution >= 0.6 is 23.4 Å². The van der Waals surface area contributed by atoms with Crippen LogP contribution in [-0.4, -0.2) is 50.7 Å². The van der Waals surface area contributed by atoms with Crippen LogP contribution in [0.3, 0.4) is 0 Å². The lowest BCUT2D eigenvalue weighted by atomic mass is 10.1. The fourth-order valence-corrected chi connectivity index (χ4v) is 4.74. The molecule has 1 saturated heterocycles. The molecule has 6 nitrogen and oxygen atoms in total. The zero-order valence-electron chi connectivity index (χ0n) is 18.4. The molecule has 2 amide bonds. The summed E-state index contributed by atoms with van der Waals surface area (Å²) in [5.41, 5.74) is 3.77. The number of carbonyl (C=O) groups excluding carboxylic acids is 2. The Morgan fingerprint density at radius 3 is 2.68 bits per heavy atom. The number of hydrogen-bond acceptors (Lipinski definition) is 4. The normalized spacial score (nSPS) is 16.5. The maximum absolute atomic E-state index is 12.8. The van der Waals surface area contributed by atoms with Crippen LogP contribution < -0.4 is 5.32 Å². The Hall–Kier alpha value is -2.25. The highest BCUT2D eigenvalue weighted by molar-refractivity contribution is 7.99. The van der Waals surface area contributed by atoms with E-state index in [2.05, 4.69) is 34.7 Å². The van der Waals surface area contributed by atoms with Crippen molar-refractivity contribution in [1.82, 2.24) is 20.0 Å². The topological polar surface area (TPSA) is 67.2 Å². The van der Waals surface area contributed by atoms with Gasteiger partial charge in [-0.05, 0) is 31.4 Å². The van der Waals surface area contributed by atoms with Crippen molar-refractivity contribution < 1.29 is 9.59 Å². The minimum atomic E-state index is -0.443. The van der Waals surface area contributed by atoms with E-state index in [1.165, 1.54) is 11.6 Å². The van der Waals surface area contributed by atoms with Gasteiger partial charge in [-0.3, -0.25) is 9.59 Å². The van der Waals surface area contributed by atoms with Gasteiger partial charge in [-0.2, -0.15) is 5.10 Å². The Morgan fingerprint density at radius 2 is 2.00 bits per heavy atom. The zero-order valence-corrected chi connectivity index (χ0v) is 20.0. The van der Waals surface area contributed by atoms with Crippen molar-refractivity contribution in [2.24, 2.45) is 5.92 Å². The van der Waals surface area contributed by atoms with E-state index in [0.717, 1.165) is 16.8 Å². The van der Waals surface area contributed by atoms with Gasteiger partial charge in [-0.1, -0.05) is 55.3 Å². The Balaban J connectivity index is 1.69. The number of thioether (sulfide) groups is 1. The van der Waals surface area contributed by atoms with Gasteiger partial charge in [-0.25, -0.2) is 4.68 Å². The average Bonchev–Trinajstić information content (AvgIpc) is 3.32. The first kappa shape index (κ1) is 23.4. The standard InChI is InChI=1S/C23H29ClN4O2S/c1-15(2)11-25-23(30)20-13-31-14-27(20)21(29)10-9-19-17(4)26-28(22(19)24)12-18-7-5-16(3)6-8-18/h5-10,15,20H,11-14H2,1-4H3,(H,25,30)/b10-9+. The molecule has 2 aromatic rings. The van der Waals surface area contributed by atoms with Crippen LogP contribution in [0.4, 0.5) is 0 Å². The summed E-state index contributed by atoms with van der Waals surface area (Å²) in [5, 5.41) is 7.94. The van der Waals surface area contributed by atoms with Crippen molar-refractivity contribution in [3.05, 3.63) is 57.9 Å². The van der Waals surface area contributed by atoms with Crippen LogP contribution in [0.1, 0.15) is 36.2 Å². The monoisotopic (exact) mass is 460 g/mol. The molecule has 2 heterocycles. The van der Waals surface area contributed by atoms with E-state index in [9.17, 15) is 9.59 Å². The molecule has 0 spiro atoms. The lowest BCUT2D eigenvalue weighted by molar-refractivity contribution is -0.134. The van der Waals surface area contributed by atoms with Gasteiger partial charge in [0.15, 0.2) is 0 Å². The maximum Gasteiger partial charge on any atom is 0.247 e. The second-order valence-electron chi connectivity index (χ2n) is 8.23. The molecular formula is C23H29ClN4O2S. The second-order valence-corrected chi connectivity index (χ2v) is 9.59. The number of halogens is 1. The third-order valence-corrected chi connectivity index (χ3v) is 6.52. The molecule has 0 saturated carbocycles. The number of aromatic nitrogens is 2. The molecule has 1 unspecified atom stereocenters. The molecule has 1 aliphatic heterocycles. The molecule has 31 heavy (non-hydrogen) atoms. The summed E-state index contributed by atoms with van der Waals surface area (Å²) < 4.78 is 1.74. The minimum absolute atomic E-state index is 0.0967. The van der Waals surface area contributed by atoms with E-state index < -0.39 is 6.04 Å². The van der Waals surface area contributed by atoms with Crippen molar-refractivity contribution in [2.75, 3.05) is 18.2 Å². The van der Waals surface area contributed by atoms with Gasteiger partial charge in [0.25, 0.3) is 0 Å². The van der Waals surface area contributed by atoms with Crippen molar-refractivity contribution >= 4 is 41.3 Å². The second kappa shape index (κ2) is 10.4. The summed E-state index contributed by atoms with van der Waals surface area (Å²) in [6.07, 6.45) is 3.19. The van der Waals surface area contributed by atoms with Crippen LogP contribution in [-0.2, 0) is 16.1 Å². The largest absolute Gasteiger partial charge is 0.354 e. The Bertz CT molecular complexity index is 969. The molecule has 1 aliphatic rings. The fourth-order valence-electron chi connectivity index (χ4n) is 3.28. The van der Waals surface area contributed by atoms with Crippen LogP contribution in [0.5, 0.6) is 0 Å². The van der Waals surface area contributed by atoms with Crippen LogP contribution in [0.15, 0.2) is 30.3 Å². The summed E-state index contributed by atoms with van der Waals surface area (Å²) in [7, 11) is 0. The maximum atomic E-state index is 12.8. The third-order valence-electron chi connectivity index (χ3n) is 5.11. The first-order valence-corrected chi connectivity index (χ1v) is 11.9. The lowest BCUT2D eigenvalue weighted by Gasteiger charge is -2.22. The molecule has 3 rings (SSSR count). The predicted octanol–water partition coefficient (Wildman–Crippen LogP) is 3.89. The van der Waals surface area contributed by atoms with E-state index >= 15 is 0 Å². The summed E-state index contributed by atoms with van der Waals surface area (Å²) >= 11 is 8.14. The van der Waals surface area contributed by atoms with E-state index in [4.69, 9.17) is 11.6 Å². The molecular weight excluding hydrogens is 432 g/mol. The van der Waals surface area contributed by atoms with Crippen molar-refractivity contribution in [3.8, 4) is 0 Å². The third kappa shape index (κ3) is 5.92. The van der Waals surface area contributed by atoms with Crippen LogP contribution in [0, 0.1) is 19.8 Å². The molecule has 0 aliphatic carbocycles. The van der Waals surface area contributed by atoms with Gasteiger partial charge < -0.3 is 10.2 Å². The number of nitrogens with one attached hydrogen (secondary N) is 1. The van der Waals surface area contributed by atoms with Crippen molar-refractivity contribution in [1.29, 1.82) is 0 Å². The molecule has 1 aromatic carbocycles. The molecule has 1 fully saturated rings. The van der Waals surface area contributed by atoms with Crippen molar-refractivity contribution in [2.45, 2.75) is 40.3 Å². The molecule has 8 heteroatoms. The number of hydrogen-bond donors (Lipinski definition) is 1. The van der Waals surface area contributed by atoms with Gasteiger partial charge in [-0.15, -0.1) is 11.8 Å². The van der Waals surface area contributed by atoms with E-state index in [1.54, 1.807) is 27.4 Å². The average molecular weight is 461 g/mol. The Kier molecular flexibility index (Phi) is 7.84. The minimum Gasteiger partial charge on any atom is -0.354 e. The molecule has 1 N–H and O–H groups in total. The van der Waals surface area contributed by atoms with Crippen LogP contribution in [0.25, 0.3) is 6.08 Å². The number of aryl methyl sites for hydroxylation is 2. The van der Waals surface area contributed by atoms with E-state index in [0.29, 0.717) is 35.8 Å². The first-order chi connectivity index (χ1) is 14.8. The molecule has 1 atom stereocenters. The van der Waals surface area contributed by atoms with Gasteiger partial charge in [0, 0.05) is 23.9 Å². The SMILES string of the molecule is Cc1ccc(Cn2nc(C)c(/C=C/C(=O)N3CSCC3C(=O)NCC(C)C)c2Cl)cc1. The zero-order chi connectivity index (χ0) is 22.5. The molecule has 166 valence electrons. The predicted molar refractivity (Wildman–Crippen MR) is 127 cm³/mol. The first-order valence-electron chi connectivity index (χ1n) is 10.4. The highest BCUT2D eigenvalue weighted by Crippen LogP contribution is 2.24. The van der Waals surface area contributed by atoms with Crippen molar-refractivity contribution in [3.63, 3.8) is 0 Å². The highest BCUT2D eigenvalue weighted by atomic mass is 35.5. The summed E-state index contributed by atoms with van der Waals surface area (Å²) in [6.45, 7) is 9.16. The number of rotatable bonds is 7. The lowest BCUT2D eigenvalue weighted by Crippen LogP contribution is -2.47. The van der Waals surface area contributed by atoms with Crippen LogP contribution in [0.2, 0.25) is 5.15 Å². The van der Waals surface area contributed by atoms with Gasteiger partial charge in [0.1, 0.15) is 11.2 Å². The number of carbonyl (C=O) groups is 2. The molecule has 1 aromatic heterocycles. The Labute approximate surface area is 193 Å². The van der Waals surface area contributed by atoms with E-state index in [1.807, 2.05) is 27.7 Å². The van der Waals surface area contributed by atoms with Gasteiger partial charge in [0.05, 0.1) is 18.1 Å². The van der Waals surface area contributed by atoms with Gasteiger partial charge in [0.2, 0.25) is 11.8 Å². The number of amides is 2.